The van der Waals surface area contributed by atoms with Crippen LogP contribution in [0, 0.1) is 0 Å². The summed E-state index contributed by atoms with van der Waals surface area (Å²) in [5.41, 5.74) is 7.01. The van der Waals surface area contributed by atoms with E-state index in [2.05, 4.69) is 5.32 Å². The van der Waals surface area contributed by atoms with E-state index in [1.165, 1.54) is 5.56 Å². The molecule has 2 unspecified atom stereocenters. The van der Waals surface area contributed by atoms with Gasteiger partial charge in [0.1, 0.15) is 0 Å². The zero-order chi connectivity index (χ0) is 14.1. The van der Waals surface area contributed by atoms with E-state index in [9.17, 15) is 9.00 Å². The maximum Gasteiger partial charge on any atom is 0.236 e. The Labute approximate surface area is 117 Å². The van der Waals surface area contributed by atoms with Gasteiger partial charge in [-0.2, -0.15) is 0 Å². The van der Waals surface area contributed by atoms with Crippen LogP contribution in [0.2, 0.25) is 0 Å². The van der Waals surface area contributed by atoms with Crippen molar-refractivity contribution in [2.24, 2.45) is 5.73 Å². The molecular formula is C14H22N2O2S. The zero-order valence-electron chi connectivity index (χ0n) is 11.3. The van der Waals surface area contributed by atoms with Gasteiger partial charge in [-0.05, 0) is 18.4 Å². The highest BCUT2D eigenvalue weighted by molar-refractivity contribution is 7.84. The Morgan fingerprint density at radius 1 is 1.37 bits per heavy atom. The van der Waals surface area contributed by atoms with Crippen molar-refractivity contribution in [2.75, 3.05) is 18.1 Å². The highest BCUT2D eigenvalue weighted by Crippen LogP contribution is 2.03. The van der Waals surface area contributed by atoms with E-state index in [0.29, 0.717) is 24.5 Å². The van der Waals surface area contributed by atoms with Gasteiger partial charge >= 0.3 is 0 Å². The summed E-state index contributed by atoms with van der Waals surface area (Å²) in [6.45, 7) is 2.29. The van der Waals surface area contributed by atoms with Crippen molar-refractivity contribution in [3.05, 3.63) is 35.9 Å². The van der Waals surface area contributed by atoms with Crippen molar-refractivity contribution in [1.29, 1.82) is 0 Å². The van der Waals surface area contributed by atoms with Crippen LogP contribution in [0.1, 0.15) is 18.9 Å². The zero-order valence-corrected chi connectivity index (χ0v) is 12.1. The number of hydrogen-bond donors (Lipinski definition) is 2. The fourth-order valence-corrected chi connectivity index (χ4v) is 2.28. The topological polar surface area (TPSA) is 72.2 Å². The molecule has 1 amide bonds. The monoisotopic (exact) mass is 282 g/mol. The third-order valence-corrected chi connectivity index (χ3v) is 4.18. The van der Waals surface area contributed by atoms with Gasteiger partial charge in [-0.1, -0.05) is 37.3 Å². The molecule has 0 heterocycles. The van der Waals surface area contributed by atoms with Crippen LogP contribution in [-0.2, 0) is 22.0 Å². The molecule has 2 atom stereocenters. The lowest BCUT2D eigenvalue weighted by Gasteiger charge is -2.12. The van der Waals surface area contributed by atoms with Crippen LogP contribution in [0.3, 0.4) is 0 Å². The summed E-state index contributed by atoms with van der Waals surface area (Å²) in [4.78, 5) is 11.7. The third kappa shape index (κ3) is 6.50. The van der Waals surface area contributed by atoms with E-state index < -0.39 is 16.8 Å². The third-order valence-electron chi connectivity index (χ3n) is 2.87. The molecule has 0 radical (unpaired) electrons. The van der Waals surface area contributed by atoms with Crippen molar-refractivity contribution < 1.29 is 9.00 Å². The molecule has 1 aromatic rings. The first-order valence-corrected chi connectivity index (χ1v) is 8.04. The number of benzene rings is 1. The minimum Gasteiger partial charge on any atom is -0.354 e. The number of amides is 1. The Morgan fingerprint density at radius 2 is 2.05 bits per heavy atom. The molecule has 0 bridgehead atoms. The Kier molecular flexibility index (Phi) is 7.36. The standard InChI is InChI=1S/C14H22N2O2S/c1-2-19(18)11-10-16-14(17)13(15)9-8-12-6-4-3-5-7-12/h3-7,13H,2,8-11,15H2,1H3,(H,16,17). The first-order valence-electron chi connectivity index (χ1n) is 6.55. The maximum absolute atomic E-state index is 11.7. The molecule has 0 aliphatic heterocycles. The molecule has 0 aliphatic carbocycles. The highest BCUT2D eigenvalue weighted by atomic mass is 32.2. The molecule has 0 saturated carbocycles. The Hall–Kier alpha value is -1.20. The molecule has 3 N–H and O–H groups in total. The highest BCUT2D eigenvalue weighted by Gasteiger charge is 2.12. The van der Waals surface area contributed by atoms with E-state index in [4.69, 9.17) is 5.73 Å². The first kappa shape index (κ1) is 15.9. The second-order valence-corrected chi connectivity index (χ2v) is 6.22. The van der Waals surface area contributed by atoms with Gasteiger partial charge in [-0.15, -0.1) is 0 Å². The fourth-order valence-electron chi connectivity index (χ4n) is 1.66. The van der Waals surface area contributed by atoms with E-state index in [1.807, 2.05) is 37.3 Å². The molecule has 4 nitrogen and oxygen atoms in total. The van der Waals surface area contributed by atoms with Gasteiger partial charge in [-0.3, -0.25) is 9.00 Å². The number of rotatable bonds is 8. The fraction of sp³-hybridized carbons (Fsp3) is 0.500. The summed E-state index contributed by atoms with van der Waals surface area (Å²) in [7, 11) is -0.846. The van der Waals surface area contributed by atoms with Crippen LogP contribution in [0.4, 0.5) is 0 Å². The maximum atomic E-state index is 11.7. The van der Waals surface area contributed by atoms with Crippen molar-refractivity contribution in [2.45, 2.75) is 25.8 Å². The summed E-state index contributed by atoms with van der Waals surface area (Å²) in [5, 5.41) is 2.73. The summed E-state index contributed by atoms with van der Waals surface area (Å²) < 4.78 is 11.2. The van der Waals surface area contributed by atoms with E-state index in [1.54, 1.807) is 0 Å². The average Bonchev–Trinajstić information content (AvgIpc) is 2.45. The normalized spacial score (nSPS) is 13.8. The molecule has 19 heavy (non-hydrogen) atoms. The molecule has 0 aromatic heterocycles. The lowest BCUT2D eigenvalue weighted by Crippen LogP contribution is -2.42. The van der Waals surface area contributed by atoms with Crippen molar-refractivity contribution in [3.63, 3.8) is 0 Å². The molecule has 1 aromatic carbocycles. The van der Waals surface area contributed by atoms with Crippen molar-refractivity contribution in [1.82, 2.24) is 5.32 Å². The number of hydrogen-bond acceptors (Lipinski definition) is 3. The van der Waals surface area contributed by atoms with Gasteiger partial charge in [0, 0.05) is 28.9 Å². The number of carbonyl (C=O) groups excluding carboxylic acids is 1. The molecule has 0 fully saturated rings. The van der Waals surface area contributed by atoms with Crippen LogP contribution >= 0.6 is 0 Å². The second kappa shape index (κ2) is 8.82. The van der Waals surface area contributed by atoms with Gasteiger partial charge in [0.15, 0.2) is 0 Å². The number of aryl methyl sites for hydroxylation is 1. The van der Waals surface area contributed by atoms with Crippen molar-refractivity contribution >= 4 is 16.7 Å². The van der Waals surface area contributed by atoms with Crippen LogP contribution in [0.25, 0.3) is 0 Å². The smallest absolute Gasteiger partial charge is 0.236 e. The largest absolute Gasteiger partial charge is 0.354 e. The first-order chi connectivity index (χ1) is 9.13. The molecular weight excluding hydrogens is 260 g/mol. The van der Waals surface area contributed by atoms with E-state index in [-0.39, 0.29) is 5.91 Å². The lowest BCUT2D eigenvalue weighted by molar-refractivity contribution is -0.122. The molecule has 0 spiro atoms. The summed E-state index contributed by atoms with van der Waals surface area (Å²) in [5.74, 6) is 0.952. The SMILES string of the molecule is CCS(=O)CCNC(=O)C(N)CCc1ccccc1. The van der Waals surface area contributed by atoms with E-state index >= 15 is 0 Å². The van der Waals surface area contributed by atoms with Gasteiger partial charge < -0.3 is 11.1 Å². The van der Waals surface area contributed by atoms with Gasteiger partial charge in [0.25, 0.3) is 0 Å². The molecule has 0 aliphatic rings. The summed E-state index contributed by atoms with van der Waals surface area (Å²) in [6, 6.07) is 9.45. The summed E-state index contributed by atoms with van der Waals surface area (Å²) in [6.07, 6.45) is 1.41. The predicted molar refractivity (Wildman–Crippen MR) is 79.3 cm³/mol. The Morgan fingerprint density at radius 3 is 2.68 bits per heavy atom. The quantitative estimate of drug-likeness (QED) is 0.742. The minimum absolute atomic E-state index is 0.163. The van der Waals surface area contributed by atoms with Gasteiger partial charge in [0.2, 0.25) is 5.91 Å². The van der Waals surface area contributed by atoms with Gasteiger partial charge in [-0.25, -0.2) is 0 Å². The number of nitrogens with two attached hydrogens (primary N) is 1. The average molecular weight is 282 g/mol. The van der Waals surface area contributed by atoms with Crippen LogP contribution < -0.4 is 11.1 Å². The molecule has 1 rings (SSSR count). The van der Waals surface area contributed by atoms with Gasteiger partial charge in [0.05, 0.1) is 6.04 Å². The van der Waals surface area contributed by atoms with E-state index in [0.717, 1.165) is 6.42 Å². The second-order valence-electron chi connectivity index (χ2n) is 4.35. The van der Waals surface area contributed by atoms with Crippen LogP contribution in [0.15, 0.2) is 30.3 Å². The number of nitrogens with one attached hydrogen (secondary N) is 1. The molecule has 0 saturated heterocycles. The van der Waals surface area contributed by atoms with Crippen molar-refractivity contribution in [3.8, 4) is 0 Å². The molecule has 5 heteroatoms. The minimum atomic E-state index is -0.846. The predicted octanol–water partition coefficient (Wildman–Crippen LogP) is 0.831. The van der Waals surface area contributed by atoms with Crippen LogP contribution in [0.5, 0.6) is 0 Å². The molecule has 106 valence electrons. The number of carbonyl (C=O) groups is 1. The Balaban J connectivity index is 2.23. The summed E-state index contributed by atoms with van der Waals surface area (Å²) >= 11 is 0. The Bertz CT molecular complexity index is 409. The lowest BCUT2D eigenvalue weighted by atomic mass is 10.1. The van der Waals surface area contributed by atoms with Crippen LogP contribution in [-0.4, -0.2) is 34.2 Å².